The molecule has 3 heteroatoms. The first-order valence-corrected chi connectivity index (χ1v) is 6.81. The third kappa shape index (κ3) is 2.32. The predicted molar refractivity (Wildman–Crippen MR) is 81.8 cm³/mol. The van der Waals surface area contributed by atoms with Crippen LogP contribution in [0.2, 0.25) is 0 Å². The average Bonchev–Trinajstić information content (AvgIpc) is 2.84. The van der Waals surface area contributed by atoms with Gasteiger partial charge in [-0.25, -0.2) is 4.98 Å². The number of fused-ring (bicyclic) bond motifs is 1. The first-order chi connectivity index (χ1) is 9.79. The number of hydrogen-bond acceptors (Lipinski definition) is 2. The number of ether oxygens (including phenoxy) is 1. The molecule has 2 aromatic carbocycles. The lowest BCUT2D eigenvalue weighted by Gasteiger charge is -2.09. The maximum absolute atomic E-state index is 5.23. The summed E-state index contributed by atoms with van der Waals surface area (Å²) in [4.78, 5) is 4.78. The van der Waals surface area contributed by atoms with E-state index in [4.69, 9.17) is 9.72 Å². The number of aryl methyl sites for hydroxylation is 1. The molecule has 3 nitrogen and oxygen atoms in total. The van der Waals surface area contributed by atoms with Crippen molar-refractivity contribution in [3.63, 3.8) is 0 Å². The van der Waals surface area contributed by atoms with Crippen molar-refractivity contribution in [1.82, 2.24) is 9.55 Å². The van der Waals surface area contributed by atoms with Crippen molar-refractivity contribution in [1.29, 1.82) is 0 Å². The highest BCUT2D eigenvalue weighted by Gasteiger charge is 2.11. The molecule has 1 aromatic heterocycles. The zero-order valence-electron chi connectivity index (χ0n) is 11.8. The molecule has 0 amide bonds. The highest BCUT2D eigenvalue weighted by molar-refractivity contribution is 5.80. The molecule has 3 aromatic rings. The fraction of sp³-hybridized carbons (Fsp3) is 0.235. The van der Waals surface area contributed by atoms with Gasteiger partial charge in [0.25, 0.3) is 0 Å². The van der Waals surface area contributed by atoms with E-state index in [9.17, 15) is 0 Å². The molecule has 0 aliphatic rings. The number of methoxy groups -OCH3 is 1. The van der Waals surface area contributed by atoms with Gasteiger partial charge < -0.3 is 9.30 Å². The SMILES string of the molecule is COCCn1c(-c2cccc(C)c2)nc2ccccc21. The molecule has 0 radical (unpaired) electrons. The second-order valence-corrected chi connectivity index (χ2v) is 4.94. The Morgan fingerprint density at radius 1 is 1.10 bits per heavy atom. The third-order valence-electron chi connectivity index (χ3n) is 3.45. The van der Waals surface area contributed by atoms with Crippen molar-refractivity contribution in [2.45, 2.75) is 13.5 Å². The van der Waals surface area contributed by atoms with E-state index in [1.54, 1.807) is 7.11 Å². The zero-order valence-corrected chi connectivity index (χ0v) is 11.8. The molecule has 0 spiro atoms. The summed E-state index contributed by atoms with van der Waals surface area (Å²) in [6, 6.07) is 16.7. The predicted octanol–water partition coefficient (Wildman–Crippen LogP) is 3.66. The Kier molecular flexibility index (Phi) is 3.52. The molecule has 20 heavy (non-hydrogen) atoms. The first-order valence-electron chi connectivity index (χ1n) is 6.81. The summed E-state index contributed by atoms with van der Waals surface area (Å²) in [5, 5.41) is 0. The molecular weight excluding hydrogens is 248 g/mol. The van der Waals surface area contributed by atoms with E-state index in [1.807, 2.05) is 12.1 Å². The van der Waals surface area contributed by atoms with Gasteiger partial charge in [0.1, 0.15) is 5.82 Å². The minimum absolute atomic E-state index is 0.680. The normalized spacial score (nSPS) is 11.1. The van der Waals surface area contributed by atoms with E-state index in [2.05, 4.69) is 47.9 Å². The molecule has 0 saturated heterocycles. The summed E-state index contributed by atoms with van der Waals surface area (Å²) in [5.41, 5.74) is 4.58. The summed E-state index contributed by atoms with van der Waals surface area (Å²) in [6.45, 7) is 3.59. The van der Waals surface area contributed by atoms with Gasteiger partial charge in [0, 0.05) is 19.2 Å². The summed E-state index contributed by atoms with van der Waals surface area (Å²) < 4.78 is 7.46. The fourth-order valence-corrected chi connectivity index (χ4v) is 2.49. The van der Waals surface area contributed by atoms with Crippen LogP contribution in [0.4, 0.5) is 0 Å². The number of imidazole rings is 1. The first kappa shape index (κ1) is 12.9. The molecule has 0 unspecified atom stereocenters. The van der Waals surface area contributed by atoms with E-state index in [0.29, 0.717) is 6.61 Å². The number of hydrogen-bond donors (Lipinski definition) is 0. The lowest BCUT2D eigenvalue weighted by Crippen LogP contribution is -2.05. The third-order valence-corrected chi connectivity index (χ3v) is 3.45. The van der Waals surface area contributed by atoms with Crippen molar-refractivity contribution in [2.24, 2.45) is 0 Å². The Bertz CT molecular complexity index is 731. The molecule has 0 aliphatic carbocycles. The largest absolute Gasteiger partial charge is 0.383 e. The maximum Gasteiger partial charge on any atom is 0.141 e. The molecule has 0 saturated carbocycles. The zero-order chi connectivity index (χ0) is 13.9. The van der Waals surface area contributed by atoms with Crippen molar-refractivity contribution >= 4 is 11.0 Å². The minimum Gasteiger partial charge on any atom is -0.383 e. The van der Waals surface area contributed by atoms with Gasteiger partial charge in [0.05, 0.1) is 17.6 Å². The van der Waals surface area contributed by atoms with Gasteiger partial charge in [-0.1, -0.05) is 35.9 Å². The van der Waals surface area contributed by atoms with Gasteiger partial charge >= 0.3 is 0 Å². The average molecular weight is 266 g/mol. The van der Waals surface area contributed by atoms with Crippen LogP contribution in [0, 0.1) is 6.92 Å². The molecule has 102 valence electrons. The number of aromatic nitrogens is 2. The summed E-state index contributed by atoms with van der Waals surface area (Å²) >= 11 is 0. The topological polar surface area (TPSA) is 27.1 Å². The molecule has 3 rings (SSSR count). The van der Waals surface area contributed by atoms with E-state index >= 15 is 0 Å². The van der Waals surface area contributed by atoms with Crippen molar-refractivity contribution in [2.75, 3.05) is 13.7 Å². The van der Waals surface area contributed by atoms with Gasteiger partial charge in [-0.15, -0.1) is 0 Å². The van der Waals surface area contributed by atoms with Crippen LogP contribution in [0.1, 0.15) is 5.56 Å². The van der Waals surface area contributed by atoms with Gasteiger partial charge in [-0.2, -0.15) is 0 Å². The lowest BCUT2D eigenvalue weighted by molar-refractivity contribution is 0.188. The smallest absolute Gasteiger partial charge is 0.141 e. The van der Waals surface area contributed by atoms with Crippen LogP contribution in [0.25, 0.3) is 22.4 Å². The monoisotopic (exact) mass is 266 g/mol. The standard InChI is InChI=1S/C17H18N2O/c1-13-6-5-7-14(12-13)17-18-15-8-3-4-9-16(15)19(17)10-11-20-2/h3-9,12H,10-11H2,1-2H3. The number of rotatable bonds is 4. The maximum atomic E-state index is 5.23. The van der Waals surface area contributed by atoms with Crippen LogP contribution < -0.4 is 0 Å². The summed E-state index contributed by atoms with van der Waals surface area (Å²) in [6.07, 6.45) is 0. The van der Waals surface area contributed by atoms with Gasteiger partial charge in [0.15, 0.2) is 0 Å². The summed E-state index contributed by atoms with van der Waals surface area (Å²) in [5.74, 6) is 1.01. The second-order valence-electron chi connectivity index (χ2n) is 4.94. The highest BCUT2D eigenvalue weighted by atomic mass is 16.5. The van der Waals surface area contributed by atoms with Crippen molar-refractivity contribution < 1.29 is 4.74 Å². The number of benzene rings is 2. The van der Waals surface area contributed by atoms with Crippen LogP contribution >= 0.6 is 0 Å². The van der Waals surface area contributed by atoms with Crippen LogP contribution in [-0.2, 0) is 11.3 Å². The quantitative estimate of drug-likeness (QED) is 0.720. The Balaban J connectivity index is 2.18. The van der Waals surface area contributed by atoms with Crippen LogP contribution in [-0.4, -0.2) is 23.3 Å². The second kappa shape index (κ2) is 5.47. The lowest BCUT2D eigenvalue weighted by atomic mass is 10.1. The van der Waals surface area contributed by atoms with E-state index in [0.717, 1.165) is 29.0 Å². The van der Waals surface area contributed by atoms with Gasteiger partial charge in [0.2, 0.25) is 0 Å². The molecule has 0 aliphatic heterocycles. The fourth-order valence-electron chi connectivity index (χ4n) is 2.49. The van der Waals surface area contributed by atoms with Gasteiger partial charge in [-0.3, -0.25) is 0 Å². The van der Waals surface area contributed by atoms with E-state index in [1.165, 1.54) is 5.56 Å². The number of para-hydroxylation sites is 2. The Labute approximate surface area is 118 Å². The van der Waals surface area contributed by atoms with Crippen LogP contribution in [0.5, 0.6) is 0 Å². The van der Waals surface area contributed by atoms with Gasteiger partial charge in [-0.05, 0) is 25.1 Å². The van der Waals surface area contributed by atoms with Crippen molar-refractivity contribution in [3.8, 4) is 11.4 Å². The van der Waals surface area contributed by atoms with Crippen LogP contribution in [0.3, 0.4) is 0 Å². The van der Waals surface area contributed by atoms with E-state index < -0.39 is 0 Å². The Morgan fingerprint density at radius 2 is 1.95 bits per heavy atom. The minimum atomic E-state index is 0.680. The molecule has 0 bridgehead atoms. The molecule has 0 fully saturated rings. The number of nitrogens with zero attached hydrogens (tertiary/aromatic N) is 2. The summed E-state index contributed by atoms with van der Waals surface area (Å²) in [7, 11) is 1.73. The van der Waals surface area contributed by atoms with Crippen molar-refractivity contribution in [3.05, 3.63) is 54.1 Å². The molecule has 0 N–H and O–H groups in total. The molecule has 0 atom stereocenters. The van der Waals surface area contributed by atoms with Crippen LogP contribution in [0.15, 0.2) is 48.5 Å². The highest BCUT2D eigenvalue weighted by Crippen LogP contribution is 2.25. The molecular formula is C17H18N2O. The molecule has 1 heterocycles. The van der Waals surface area contributed by atoms with E-state index in [-0.39, 0.29) is 0 Å². The Hall–Kier alpha value is -2.13. The Morgan fingerprint density at radius 3 is 2.75 bits per heavy atom.